The van der Waals surface area contributed by atoms with Gasteiger partial charge in [0, 0.05) is 31.2 Å². The fraction of sp³-hybridized carbons (Fsp3) is 0.364. The summed E-state index contributed by atoms with van der Waals surface area (Å²) in [6.07, 6.45) is 0.393. The quantitative estimate of drug-likeness (QED) is 0.733. The van der Waals surface area contributed by atoms with Gasteiger partial charge in [0.1, 0.15) is 11.9 Å². The van der Waals surface area contributed by atoms with Crippen LogP contribution in [-0.4, -0.2) is 29.4 Å². The van der Waals surface area contributed by atoms with Crippen molar-refractivity contribution in [1.29, 1.82) is 5.26 Å². The highest BCUT2D eigenvalue weighted by molar-refractivity contribution is 6.32. The molecule has 1 saturated heterocycles. The van der Waals surface area contributed by atoms with Gasteiger partial charge >= 0.3 is 0 Å². The maximum absolute atomic E-state index is 13.8. The molecule has 0 saturated carbocycles. The molecule has 0 bridgehead atoms. The van der Waals surface area contributed by atoms with Gasteiger partial charge in [-0.15, -0.1) is 0 Å². The zero-order valence-corrected chi connectivity index (χ0v) is 17.0. The lowest BCUT2D eigenvalue weighted by molar-refractivity contribution is -0.129. The van der Waals surface area contributed by atoms with Gasteiger partial charge in [0.15, 0.2) is 0 Å². The van der Waals surface area contributed by atoms with Gasteiger partial charge in [0.25, 0.3) is 0 Å². The topological polar surface area (TPSA) is 47.3 Å². The van der Waals surface area contributed by atoms with Crippen molar-refractivity contribution in [3.05, 3.63) is 63.9 Å². The molecular weight excluding hydrogens is 377 g/mol. The summed E-state index contributed by atoms with van der Waals surface area (Å²) in [6.45, 7) is 7.00. The van der Waals surface area contributed by atoms with Gasteiger partial charge in [-0.05, 0) is 62.2 Å². The van der Waals surface area contributed by atoms with Crippen LogP contribution in [0.4, 0.5) is 10.1 Å². The number of benzene rings is 2. The van der Waals surface area contributed by atoms with Gasteiger partial charge in [0.2, 0.25) is 5.91 Å². The van der Waals surface area contributed by atoms with Crippen LogP contribution in [0.2, 0.25) is 5.02 Å². The monoisotopic (exact) mass is 399 g/mol. The largest absolute Gasteiger partial charge is 0.362 e. The predicted molar refractivity (Wildman–Crippen MR) is 109 cm³/mol. The zero-order valence-electron chi connectivity index (χ0n) is 16.2. The van der Waals surface area contributed by atoms with E-state index >= 15 is 0 Å². The van der Waals surface area contributed by atoms with Gasteiger partial charge in [0.05, 0.1) is 16.6 Å². The molecule has 146 valence electrons. The highest BCUT2D eigenvalue weighted by Gasteiger charge is 2.35. The molecule has 1 heterocycles. The molecule has 3 rings (SSSR count). The van der Waals surface area contributed by atoms with E-state index in [4.69, 9.17) is 16.9 Å². The molecule has 1 amide bonds. The first kappa shape index (κ1) is 20.2. The molecule has 1 atom stereocenters. The van der Waals surface area contributed by atoms with Crippen LogP contribution in [0.1, 0.15) is 37.0 Å². The highest BCUT2D eigenvalue weighted by atomic mass is 35.5. The molecule has 28 heavy (non-hydrogen) atoms. The van der Waals surface area contributed by atoms with Crippen LogP contribution in [0.25, 0.3) is 0 Å². The van der Waals surface area contributed by atoms with Crippen molar-refractivity contribution in [3.8, 4) is 6.07 Å². The summed E-state index contributed by atoms with van der Waals surface area (Å²) >= 11 is 6.26. The summed E-state index contributed by atoms with van der Waals surface area (Å²) in [6, 6.07) is 12.1. The van der Waals surface area contributed by atoms with E-state index in [1.54, 1.807) is 18.2 Å². The summed E-state index contributed by atoms with van der Waals surface area (Å²) < 4.78 is 13.8. The molecule has 6 heteroatoms. The van der Waals surface area contributed by atoms with E-state index in [2.05, 4.69) is 11.0 Å². The molecule has 1 aliphatic heterocycles. The van der Waals surface area contributed by atoms with Crippen molar-refractivity contribution < 1.29 is 9.18 Å². The average molecular weight is 400 g/mol. The second kappa shape index (κ2) is 8.20. The molecule has 2 aromatic rings. The maximum atomic E-state index is 13.8. The number of nitrogens with zero attached hydrogens (tertiary/aromatic N) is 3. The number of likely N-dealkylation sites (tertiary alicyclic amines) is 1. The lowest BCUT2D eigenvalue weighted by atomic mass is 10.1. The average Bonchev–Trinajstić information content (AvgIpc) is 3.04. The first-order valence-electron chi connectivity index (χ1n) is 9.31. The number of carbonyl (C=O) groups is 1. The molecule has 0 unspecified atom stereocenters. The Labute approximate surface area is 170 Å². The summed E-state index contributed by atoms with van der Waals surface area (Å²) in [5.41, 5.74) is 3.06. The summed E-state index contributed by atoms with van der Waals surface area (Å²) in [5, 5.41) is 9.52. The Hall–Kier alpha value is -2.58. The third-order valence-electron chi connectivity index (χ3n) is 5.26. The van der Waals surface area contributed by atoms with E-state index in [1.165, 1.54) is 12.1 Å². The molecule has 0 radical (unpaired) electrons. The number of aryl methyl sites for hydroxylation is 1. The summed E-state index contributed by atoms with van der Waals surface area (Å²) in [7, 11) is 0. The van der Waals surface area contributed by atoms with Crippen molar-refractivity contribution in [3.63, 3.8) is 0 Å². The number of hydrogen-bond donors (Lipinski definition) is 0. The van der Waals surface area contributed by atoms with Gasteiger partial charge in [-0.3, -0.25) is 4.79 Å². The van der Waals surface area contributed by atoms with Crippen LogP contribution in [0.15, 0.2) is 36.4 Å². The fourth-order valence-corrected chi connectivity index (χ4v) is 3.84. The minimum atomic E-state index is -0.287. The van der Waals surface area contributed by atoms with Crippen LogP contribution in [0.3, 0.4) is 0 Å². The lowest BCUT2D eigenvalue weighted by Crippen LogP contribution is -2.39. The van der Waals surface area contributed by atoms with Crippen molar-refractivity contribution in [2.24, 2.45) is 0 Å². The van der Waals surface area contributed by atoms with Crippen molar-refractivity contribution >= 4 is 23.2 Å². The van der Waals surface area contributed by atoms with E-state index in [1.807, 2.05) is 31.7 Å². The van der Waals surface area contributed by atoms with E-state index in [0.29, 0.717) is 30.1 Å². The van der Waals surface area contributed by atoms with E-state index in [-0.39, 0.29) is 23.8 Å². The molecule has 4 nitrogen and oxygen atoms in total. The van der Waals surface area contributed by atoms with Gasteiger partial charge in [-0.25, -0.2) is 4.39 Å². The van der Waals surface area contributed by atoms with E-state index in [9.17, 15) is 9.18 Å². The normalized spacial score (nSPS) is 16.5. The number of anilines is 1. The van der Waals surface area contributed by atoms with E-state index < -0.39 is 0 Å². The highest BCUT2D eigenvalue weighted by Crippen LogP contribution is 2.30. The van der Waals surface area contributed by atoms with Gasteiger partial charge < -0.3 is 9.80 Å². The number of carbonyl (C=O) groups excluding carboxylic acids is 1. The van der Waals surface area contributed by atoms with Crippen LogP contribution >= 0.6 is 11.6 Å². The Morgan fingerprint density at radius 1 is 1.32 bits per heavy atom. The first-order chi connectivity index (χ1) is 13.3. The second-order valence-corrected chi connectivity index (χ2v) is 7.88. The Kier molecular flexibility index (Phi) is 5.90. The summed E-state index contributed by atoms with van der Waals surface area (Å²) in [4.78, 5) is 16.4. The number of hydrogen-bond acceptors (Lipinski definition) is 3. The molecule has 0 aliphatic carbocycles. The minimum absolute atomic E-state index is 0.0541. The van der Waals surface area contributed by atoms with Crippen LogP contribution < -0.4 is 4.90 Å². The molecule has 0 aromatic heterocycles. The van der Waals surface area contributed by atoms with Crippen molar-refractivity contribution in [1.82, 2.24) is 4.90 Å². The number of halogens is 2. The second-order valence-electron chi connectivity index (χ2n) is 7.47. The third-order valence-corrected chi connectivity index (χ3v) is 5.57. The smallest absolute Gasteiger partial charge is 0.225 e. The van der Waals surface area contributed by atoms with Crippen molar-refractivity contribution in [2.75, 3.05) is 11.4 Å². The predicted octanol–water partition coefficient (Wildman–Crippen LogP) is 4.68. The molecule has 0 spiro atoms. The molecule has 2 aromatic carbocycles. The van der Waals surface area contributed by atoms with E-state index in [0.717, 1.165) is 16.8 Å². The standard InChI is InChI=1S/C22H23ClFN3O/c1-14(2)26-13-20(10-22(26)28)27(12-17-8-18(24)6-4-15(17)3)19-7-5-16(11-25)21(23)9-19/h4-9,14,20H,10,12-13H2,1-3H3/t20-/m0/s1. The SMILES string of the molecule is Cc1ccc(F)cc1CN(c1ccc(C#N)c(Cl)c1)[C@H]1CC(=O)N(C(C)C)C1. The molecule has 1 aliphatic rings. The van der Waals surface area contributed by atoms with Crippen molar-refractivity contribution in [2.45, 2.75) is 45.8 Å². The van der Waals surface area contributed by atoms with Gasteiger partial charge in [-0.2, -0.15) is 5.26 Å². The van der Waals surface area contributed by atoms with Gasteiger partial charge in [-0.1, -0.05) is 17.7 Å². The number of rotatable bonds is 5. The first-order valence-corrected chi connectivity index (χ1v) is 9.68. The maximum Gasteiger partial charge on any atom is 0.225 e. The minimum Gasteiger partial charge on any atom is -0.362 e. The fourth-order valence-electron chi connectivity index (χ4n) is 3.62. The van der Waals surface area contributed by atoms with Crippen LogP contribution in [0.5, 0.6) is 0 Å². The Morgan fingerprint density at radius 3 is 2.68 bits per heavy atom. The molecule has 0 N–H and O–H groups in total. The third kappa shape index (κ3) is 4.13. The number of amides is 1. The number of nitriles is 1. The Balaban J connectivity index is 1.99. The Bertz CT molecular complexity index is 938. The molecular formula is C22H23ClFN3O. The van der Waals surface area contributed by atoms with Crippen LogP contribution in [-0.2, 0) is 11.3 Å². The molecule has 1 fully saturated rings. The lowest BCUT2D eigenvalue weighted by Gasteiger charge is -2.32. The van der Waals surface area contributed by atoms with Crippen LogP contribution in [0, 0.1) is 24.1 Å². The zero-order chi connectivity index (χ0) is 20.4. The Morgan fingerprint density at radius 2 is 2.07 bits per heavy atom. The summed E-state index contributed by atoms with van der Waals surface area (Å²) in [5.74, 6) is -0.176.